The lowest BCUT2D eigenvalue weighted by Gasteiger charge is -2.42. The summed E-state index contributed by atoms with van der Waals surface area (Å²) in [7, 11) is 1.84. The molecule has 0 saturated heterocycles. The summed E-state index contributed by atoms with van der Waals surface area (Å²) in [5, 5.41) is 23.6. The Bertz CT molecular complexity index is 1020. The van der Waals surface area contributed by atoms with Gasteiger partial charge in [0.1, 0.15) is 0 Å². The molecule has 0 spiro atoms. The van der Waals surface area contributed by atoms with Crippen molar-refractivity contribution in [3.05, 3.63) is 63.7 Å². The van der Waals surface area contributed by atoms with Crippen molar-refractivity contribution in [2.45, 2.75) is 39.3 Å². The van der Waals surface area contributed by atoms with Gasteiger partial charge in [0.25, 0.3) is 11.6 Å². The zero-order valence-corrected chi connectivity index (χ0v) is 18.7. The average molecular weight is 440 g/mol. The number of rotatable bonds is 7. The lowest BCUT2D eigenvalue weighted by atomic mass is 9.77. The minimum Gasteiger partial charge on any atom is -0.381 e. The van der Waals surface area contributed by atoms with E-state index in [0.29, 0.717) is 17.8 Å². The number of hydrogen-bond donors (Lipinski definition) is 4. The molecular weight excluding hydrogens is 410 g/mol. The van der Waals surface area contributed by atoms with Crippen molar-refractivity contribution < 1.29 is 14.5 Å². The molecule has 0 fully saturated rings. The van der Waals surface area contributed by atoms with Gasteiger partial charge in [0.15, 0.2) is 0 Å². The fourth-order valence-electron chi connectivity index (χ4n) is 3.92. The molecule has 32 heavy (non-hydrogen) atoms. The number of amides is 2. The van der Waals surface area contributed by atoms with Crippen LogP contribution in [0, 0.1) is 15.5 Å². The van der Waals surface area contributed by atoms with Gasteiger partial charge in [-0.3, -0.25) is 19.7 Å². The second kappa shape index (κ2) is 9.35. The van der Waals surface area contributed by atoms with Crippen LogP contribution >= 0.6 is 0 Å². The van der Waals surface area contributed by atoms with Gasteiger partial charge in [-0.05, 0) is 49.4 Å². The van der Waals surface area contributed by atoms with Crippen molar-refractivity contribution >= 4 is 28.9 Å². The molecule has 0 bridgehead atoms. The molecule has 1 heterocycles. The second-order valence-electron chi connectivity index (χ2n) is 8.73. The van der Waals surface area contributed by atoms with Gasteiger partial charge in [-0.1, -0.05) is 13.8 Å². The van der Waals surface area contributed by atoms with Crippen LogP contribution in [-0.2, 0) is 4.79 Å². The Hall–Kier alpha value is -3.46. The Balaban J connectivity index is 1.68. The molecule has 170 valence electrons. The lowest BCUT2D eigenvalue weighted by Crippen LogP contribution is -2.48. The van der Waals surface area contributed by atoms with E-state index < -0.39 is 0 Å². The molecule has 0 aromatic heterocycles. The maximum atomic E-state index is 12.6. The van der Waals surface area contributed by atoms with Crippen LogP contribution in [0.15, 0.2) is 42.5 Å². The Morgan fingerprint density at radius 3 is 2.47 bits per heavy atom. The molecule has 2 atom stereocenters. The summed E-state index contributed by atoms with van der Waals surface area (Å²) < 4.78 is 0. The summed E-state index contributed by atoms with van der Waals surface area (Å²) in [6.45, 7) is 6.03. The number of benzene rings is 2. The molecule has 3 rings (SSSR count). The number of nitrogens with one attached hydrogen (secondary N) is 4. The van der Waals surface area contributed by atoms with Crippen LogP contribution in [0.5, 0.6) is 0 Å². The zero-order valence-electron chi connectivity index (χ0n) is 18.7. The normalized spacial score (nSPS) is 17.6. The first-order chi connectivity index (χ1) is 15.1. The van der Waals surface area contributed by atoms with Gasteiger partial charge in [0.05, 0.1) is 4.92 Å². The van der Waals surface area contributed by atoms with E-state index in [1.165, 1.54) is 13.0 Å². The van der Waals surface area contributed by atoms with E-state index in [2.05, 4.69) is 35.1 Å². The largest absolute Gasteiger partial charge is 0.381 e. The summed E-state index contributed by atoms with van der Waals surface area (Å²) in [5.74, 6) is -0.357. The molecule has 2 amide bonds. The molecule has 2 aromatic carbocycles. The van der Waals surface area contributed by atoms with Crippen LogP contribution in [-0.4, -0.2) is 36.4 Å². The third kappa shape index (κ3) is 5.23. The van der Waals surface area contributed by atoms with Crippen molar-refractivity contribution in [1.29, 1.82) is 0 Å². The molecule has 9 nitrogen and oxygen atoms in total. The molecule has 4 N–H and O–H groups in total. The maximum Gasteiger partial charge on any atom is 0.269 e. The van der Waals surface area contributed by atoms with Crippen LogP contribution in [0.2, 0.25) is 0 Å². The van der Waals surface area contributed by atoms with Gasteiger partial charge in [0.2, 0.25) is 5.91 Å². The fourth-order valence-corrected chi connectivity index (χ4v) is 3.92. The van der Waals surface area contributed by atoms with Crippen LogP contribution in [0.25, 0.3) is 0 Å². The number of anilines is 2. The minimum atomic E-state index is -0.388. The molecule has 2 aromatic rings. The van der Waals surface area contributed by atoms with Gasteiger partial charge in [-0.25, -0.2) is 0 Å². The standard InChI is InChI=1S/C23H29N5O4/c1-14(29)26-16-7-5-15(6-8-16)22(30)25-13-23(2,3)21-12-20(24-4)18-11-17(28(31)32)9-10-19(18)27-21/h5-11,20-21,24,27H,12-13H2,1-4H3,(H,25,30)(H,26,29). The number of nitrogens with zero attached hydrogens (tertiary/aromatic N) is 1. The fraction of sp³-hybridized carbons (Fsp3) is 0.391. The van der Waals surface area contributed by atoms with Crippen molar-refractivity contribution in [2.24, 2.45) is 5.41 Å². The summed E-state index contributed by atoms with van der Waals surface area (Å²) >= 11 is 0. The van der Waals surface area contributed by atoms with Crippen LogP contribution in [0.1, 0.15) is 49.2 Å². The first kappa shape index (κ1) is 23.2. The Morgan fingerprint density at radius 2 is 1.88 bits per heavy atom. The van der Waals surface area contributed by atoms with E-state index >= 15 is 0 Å². The highest BCUT2D eigenvalue weighted by Gasteiger charge is 2.36. The second-order valence-corrected chi connectivity index (χ2v) is 8.73. The molecule has 0 aliphatic carbocycles. The predicted octanol–water partition coefficient (Wildman–Crippen LogP) is 3.45. The smallest absolute Gasteiger partial charge is 0.269 e. The summed E-state index contributed by atoms with van der Waals surface area (Å²) in [4.78, 5) is 34.5. The van der Waals surface area contributed by atoms with Crippen molar-refractivity contribution in [2.75, 3.05) is 24.2 Å². The van der Waals surface area contributed by atoms with Gasteiger partial charge >= 0.3 is 0 Å². The van der Waals surface area contributed by atoms with Gasteiger partial charge in [-0.15, -0.1) is 0 Å². The van der Waals surface area contributed by atoms with Crippen LogP contribution in [0.4, 0.5) is 17.1 Å². The maximum absolute atomic E-state index is 12.6. The molecule has 1 aliphatic heterocycles. The van der Waals surface area contributed by atoms with Gasteiger partial charge < -0.3 is 21.3 Å². The van der Waals surface area contributed by atoms with E-state index in [1.807, 2.05) is 7.05 Å². The topological polar surface area (TPSA) is 125 Å². The predicted molar refractivity (Wildman–Crippen MR) is 124 cm³/mol. The van der Waals surface area contributed by atoms with E-state index in [-0.39, 0.29) is 39.9 Å². The lowest BCUT2D eigenvalue weighted by molar-refractivity contribution is -0.384. The third-order valence-corrected chi connectivity index (χ3v) is 5.89. The SMILES string of the molecule is CNC1CC(C(C)(C)CNC(=O)c2ccc(NC(C)=O)cc2)Nc2ccc([N+](=O)[O-])cc21. The average Bonchev–Trinajstić information content (AvgIpc) is 2.76. The van der Waals surface area contributed by atoms with Gasteiger partial charge in [-0.2, -0.15) is 0 Å². The monoisotopic (exact) mass is 439 g/mol. The van der Waals surface area contributed by atoms with E-state index in [4.69, 9.17) is 0 Å². The highest BCUT2D eigenvalue weighted by Crippen LogP contribution is 2.40. The molecule has 0 radical (unpaired) electrons. The Morgan fingerprint density at radius 1 is 1.19 bits per heavy atom. The first-order valence-electron chi connectivity index (χ1n) is 10.5. The summed E-state index contributed by atoms with van der Waals surface area (Å²) in [6, 6.07) is 11.6. The number of carbonyl (C=O) groups is 2. The summed E-state index contributed by atoms with van der Waals surface area (Å²) in [6.07, 6.45) is 0.721. The van der Waals surface area contributed by atoms with Gasteiger partial charge in [0, 0.05) is 60.0 Å². The number of hydrogen-bond acceptors (Lipinski definition) is 6. The molecule has 1 aliphatic rings. The highest BCUT2D eigenvalue weighted by molar-refractivity contribution is 5.95. The number of carbonyl (C=O) groups excluding carboxylic acids is 2. The van der Waals surface area contributed by atoms with E-state index in [9.17, 15) is 19.7 Å². The molecule has 9 heteroatoms. The molecule has 0 saturated carbocycles. The molecular formula is C23H29N5O4. The molecule has 2 unspecified atom stereocenters. The van der Waals surface area contributed by atoms with Crippen molar-refractivity contribution in [3.63, 3.8) is 0 Å². The van der Waals surface area contributed by atoms with Crippen LogP contribution < -0.4 is 21.3 Å². The van der Waals surface area contributed by atoms with Crippen molar-refractivity contribution in [3.8, 4) is 0 Å². The Labute approximate surface area is 187 Å². The van der Waals surface area contributed by atoms with E-state index in [0.717, 1.165) is 17.7 Å². The summed E-state index contributed by atoms with van der Waals surface area (Å²) in [5.41, 5.74) is 2.66. The number of fused-ring (bicyclic) bond motifs is 1. The highest BCUT2D eigenvalue weighted by atomic mass is 16.6. The minimum absolute atomic E-state index is 0.0348. The quantitative estimate of drug-likeness (QED) is 0.387. The Kier molecular flexibility index (Phi) is 6.78. The number of nitro benzene ring substituents is 1. The first-order valence-corrected chi connectivity index (χ1v) is 10.5. The number of non-ortho nitro benzene ring substituents is 1. The number of nitro groups is 1. The zero-order chi connectivity index (χ0) is 23.5. The van der Waals surface area contributed by atoms with Crippen molar-refractivity contribution in [1.82, 2.24) is 10.6 Å². The van der Waals surface area contributed by atoms with E-state index in [1.54, 1.807) is 36.4 Å². The van der Waals surface area contributed by atoms with Crippen LogP contribution in [0.3, 0.4) is 0 Å². The third-order valence-electron chi connectivity index (χ3n) is 5.89.